The van der Waals surface area contributed by atoms with Crippen molar-refractivity contribution in [3.63, 3.8) is 0 Å². The second kappa shape index (κ2) is 5.42. The van der Waals surface area contributed by atoms with Crippen molar-refractivity contribution in [3.8, 4) is 0 Å². The van der Waals surface area contributed by atoms with Gasteiger partial charge in [-0.2, -0.15) is 0 Å². The average molecular weight is 248 g/mol. The normalized spacial score (nSPS) is 12.0. The average Bonchev–Trinajstić information content (AvgIpc) is 2.14. The summed E-state index contributed by atoms with van der Waals surface area (Å²) in [6.45, 7) is 18.4. The molecule has 1 heterocycles. The maximum Gasteiger partial charge on any atom is 0.187 e. The van der Waals surface area contributed by atoms with Crippen LogP contribution < -0.4 is 4.57 Å². The zero-order chi connectivity index (χ0) is 14.2. The summed E-state index contributed by atoms with van der Waals surface area (Å²) in [6, 6.07) is 0. The predicted octanol–water partition coefficient (Wildman–Crippen LogP) is 4.50. The summed E-state index contributed by atoms with van der Waals surface area (Å²) in [6.07, 6.45) is 0. The smallest absolute Gasteiger partial charge is 0.187 e. The maximum absolute atomic E-state index is 2.44. The van der Waals surface area contributed by atoms with Gasteiger partial charge >= 0.3 is 0 Å². The molecule has 0 aliphatic carbocycles. The molecule has 102 valence electrons. The number of nitrogens with zero attached hydrogens (tertiary/aromatic N) is 1. The van der Waals surface area contributed by atoms with Gasteiger partial charge in [0.15, 0.2) is 11.4 Å². The van der Waals surface area contributed by atoms with Crippen LogP contribution in [0, 0.1) is 13.8 Å². The van der Waals surface area contributed by atoms with Gasteiger partial charge in [0.25, 0.3) is 0 Å². The fraction of sp³-hybridized carbons (Fsp3) is 0.706. The van der Waals surface area contributed by atoms with Gasteiger partial charge in [-0.05, 0) is 25.3 Å². The van der Waals surface area contributed by atoms with Crippen LogP contribution in [0.3, 0.4) is 0 Å². The zero-order valence-electron chi connectivity index (χ0n) is 13.7. The van der Waals surface area contributed by atoms with Crippen molar-refractivity contribution < 1.29 is 4.57 Å². The molecular weight excluding hydrogens is 218 g/mol. The summed E-state index contributed by atoms with van der Waals surface area (Å²) < 4.78 is 2.44. The zero-order valence-corrected chi connectivity index (χ0v) is 13.7. The number of rotatable bonds is 3. The highest BCUT2D eigenvalue weighted by molar-refractivity contribution is 5.39. The van der Waals surface area contributed by atoms with Crippen molar-refractivity contribution in [2.24, 2.45) is 7.05 Å². The van der Waals surface area contributed by atoms with Gasteiger partial charge in [-0.1, -0.05) is 41.5 Å². The van der Waals surface area contributed by atoms with E-state index in [0.29, 0.717) is 17.8 Å². The van der Waals surface area contributed by atoms with E-state index in [1.165, 1.54) is 22.5 Å². The molecule has 0 saturated heterocycles. The lowest BCUT2D eigenvalue weighted by atomic mass is 9.86. The lowest BCUT2D eigenvalue weighted by molar-refractivity contribution is -0.689. The van der Waals surface area contributed by atoms with Crippen LogP contribution in [-0.2, 0) is 7.05 Å². The third kappa shape index (κ3) is 2.46. The monoisotopic (exact) mass is 248 g/mol. The van der Waals surface area contributed by atoms with E-state index in [-0.39, 0.29) is 0 Å². The van der Waals surface area contributed by atoms with E-state index in [4.69, 9.17) is 0 Å². The Kier molecular flexibility index (Phi) is 4.58. The lowest BCUT2D eigenvalue weighted by Crippen LogP contribution is -2.42. The molecule has 1 heteroatoms. The summed E-state index contributed by atoms with van der Waals surface area (Å²) >= 11 is 0. The van der Waals surface area contributed by atoms with Crippen molar-refractivity contribution in [1.82, 2.24) is 0 Å². The van der Waals surface area contributed by atoms with E-state index in [9.17, 15) is 0 Å². The van der Waals surface area contributed by atoms with Gasteiger partial charge in [0.1, 0.15) is 7.05 Å². The molecule has 1 aromatic heterocycles. The molecule has 0 bridgehead atoms. The van der Waals surface area contributed by atoms with E-state index < -0.39 is 0 Å². The molecule has 18 heavy (non-hydrogen) atoms. The van der Waals surface area contributed by atoms with Crippen molar-refractivity contribution >= 4 is 0 Å². The number of hydrogen-bond donors (Lipinski definition) is 0. The Morgan fingerprint density at radius 1 is 0.667 bits per heavy atom. The topological polar surface area (TPSA) is 3.88 Å². The Morgan fingerprint density at radius 2 is 1.00 bits per heavy atom. The summed E-state index contributed by atoms with van der Waals surface area (Å²) in [5.41, 5.74) is 7.52. The number of pyridine rings is 1. The molecule has 0 saturated carbocycles. The summed E-state index contributed by atoms with van der Waals surface area (Å²) in [5, 5.41) is 0. The largest absolute Gasteiger partial charge is 0.202 e. The molecule has 0 aliphatic heterocycles. The highest BCUT2D eigenvalue weighted by Gasteiger charge is 2.28. The SMILES string of the molecule is Cc1c(C(C)C)c(C)c(C(C)C)[n+](C)c1C(C)C. The summed E-state index contributed by atoms with van der Waals surface area (Å²) in [5.74, 6) is 1.75. The minimum absolute atomic E-state index is 0.575. The first-order valence-corrected chi connectivity index (χ1v) is 7.22. The van der Waals surface area contributed by atoms with Gasteiger partial charge in [0, 0.05) is 23.0 Å². The molecule has 0 unspecified atom stereocenters. The van der Waals surface area contributed by atoms with Crippen molar-refractivity contribution in [1.29, 1.82) is 0 Å². The van der Waals surface area contributed by atoms with Crippen LogP contribution in [0.15, 0.2) is 0 Å². The van der Waals surface area contributed by atoms with Crippen LogP contribution in [0.4, 0.5) is 0 Å². The van der Waals surface area contributed by atoms with E-state index in [1.54, 1.807) is 5.56 Å². The first-order chi connectivity index (χ1) is 8.20. The quantitative estimate of drug-likeness (QED) is 0.694. The van der Waals surface area contributed by atoms with Crippen LogP contribution >= 0.6 is 0 Å². The van der Waals surface area contributed by atoms with Crippen LogP contribution in [0.1, 0.15) is 87.4 Å². The first-order valence-electron chi connectivity index (χ1n) is 7.22. The molecule has 1 nitrogen and oxygen atoms in total. The van der Waals surface area contributed by atoms with Gasteiger partial charge in [0.2, 0.25) is 0 Å². The number of hydrogen-bond acceptors (Lipinski definition) is 0. The highest BCUT2D eigenvalue weighted by atomic mass is 15.0. The second-order valence-electron chi connectivity index (χ2n) is 6.46. The van der Waals surface area contributed by atoms with Crippen LogP contribution in [-0.4, -0.2) is 0 Å². The van der Waals surface area contributed by atoms with Crippen molar-refractivity contribution in [3.05, 3.63) is 28.1 Å². The molecular formula is C17H30N+. The third-order valence-electron chi connectivity index (χ3n) is 3.97. The van der Waals surface area contributed by atoms with Gasteiger partial charge in [-0.15, -0.1) is 0 Å². The molecule has 0 atom stereocenters. The van der Waals surface area contributed by atoms with E-state index in [2.05, 4.69) is 67.0 Å². The van der Waals surface area contributed by atoms with Crippen LogP contribution in [0.25, 0.3) is 0 Å². The van der Waals surface area contributed by atoms with E-state index in [1.807, 2.05) is 0 Å². The van der Waals surface area contributed by atoms with Crippen LogP contribution in [0.5, 0.6) is 0 Å². The van der Waals surface area contributed by atoms with Crippen molar-refractivity contribution in [2.75, 3.05) is 0 Å². The van der Waals surface area contributed by atoms with Gasteiger partial charge in [-0.25, -0.2) is 4.57 Å². The summed E-state index contributed by atoms with van der Waals surface area (Å²) in [7, 11) is 2.23. The Balaban J connectivity index is 3.76. The Labute approximate surface area is 113 Å². The molecule has 1 aromatic rings. The second-order valence-corrected chi connectivity index (χ2v) is 6.46. The van der Waals surface area contributed by atoms with Gasteiger partial charge in [0.05, 0.1) is 0 Å². The summed E-state index contributed by atoms with van der Waals surface area (Å²) in [4.78, 5) is 0. The van der Waals surface area contributed by atoms with Crippen LogP contribution in [0.2, 0.25) is 0 Å². The molecule has 0 amide bonds. The highest BCUT2D eigenvalue weighted by Crippen LogP contribution is 2.31. The standard InChI is InChI=1S/C17H30N/c1-10(2)15-13(7)16(11(3)4)18(9)17(12(5)6)14(15)8/h10-12H,1-9H3/q+1. The lowest BCUT2D eigenvalue weighted by Gasteiger charge is -2.21. The fourth-order valence-electron chi connectivity index (χ4n) is 3.70. The van der Waals surface area contributed by atoms with Crippen molar-refractivity contribution in [2.45, 2.75) is 73.1 Å². The Hall–Kier alpha value is -0.850. The van der Waals surface area contributed by atoms with E-state index in [0.717, 1.165) is 0 Å². The Bertz CT molecular complexity index is 352. The molecule has 0 aromatic carbocycles. The minimum Gasteiger partial charge on any atom is -0.202 e. The number of aromatic nitrogens is 1. The molecule has 0 spiro atoms. The third-order valence-corrected chi connectivity index (χ3v) is 3.97. The maximum atomic E-state index is 2.44. The fourth-order valence-corrected chi connectivity index (χ4v) is 3.70. The molecule has 1 rings (SSSR count). The Morgan fingerprint density at radius 3 is 1.22 bits per heavy atom. The molecule has 0 aliphatic rings. The molecule has 0 N–H and O–H groups in total. The van der Waals surface area contributed by atoms with Gasteiger partial charge in [-0.3, -0.25) is 0 Å². The van der Waals surface area contributed by atoms with E-state index >= 15 is 0 Å². The predicted molar refractivity (Wildman–Crippen MR) is 79.4 cm³/mol. The first kappa shape index (κ1) is 15.2. The molecule has 0 radical (unpaired) electrons. The molecule has 0 fully saturated rings. The van der Waals surface area contributed by atoms with Gasteiger partial charge < -0.3 is 0 Å². The minimum atomic E-state index is 0.575.